The van der Waals surface area contributed by atoms with Crippen LogP contribution in [-0.2, 0) is 0 Å². The predicted molar refractivity (Wildman–Crippen MR) is 72.9 cm³/mol. The Bertz CT molecular complexity index is 764. The molecule has 2 aromatic carbocycles. The Hall–Kier alpha value is -2.73. The van der Waals surface area contributed by atoms with Crippen molar-refractivity contribution in [3.05, 3.63) is 54.1 Å². The molecule has 3 heteroatoms. The van der Waals surface area contributed by atoms with Crippen LogP contribution < -0.4 is 4.74 Å². The maximum Gasteiger partial charge on any atom is 0.153 e. The summed E-state index contributed by atoms with van der Waals surface area (Å²) in [5.41, 5.74) is 2.17. The van der Waals surface area contributed by atoms with Crippen molar-refractivity contribution in [2.75, 3.05) is 7.11 Å². The third kappa shape index (κ3) is 1.84. The monoisotopic (exact) mass is 249 g/mol. The smallest absolute Gasteiger partial charge is 0.153 e. The summed E-state index contributed by atoms with van der Waals surface area (Å²) in [6.07, 6.45) is 0. The first-order chi connectivity index (χ1) is 9.33. The van der Waals surface area contributed by atoms with E-state index in [-0.39, 0.29) is 0 Å². The second-order valence-electron chi connectivity index (χ2n) is 4.14. The highest BCUT2D eigenvalue weighted by Gasteiger charge is 2.15. The highest BCUT2D eigenvalue weighted by atomic mass is 16.5. The molecule has 0 unspecified atom stereocenters. The van der Waals surface area contributed by atoms with E-state index in [1.54, 1.807) is 7.11 Å². The summed E-state index contributed by atoms with van der Waals surface area (Å²) in [4.78, 5) is 0. The molecule has 1 heterocycles. The van der Waals surface area contributed by atoms with Gasteiger partial charge in [0.25, 0.3) is 0 Å². The fourth-order valence-electron chi connectivity index (χ4n) is 2.10. The van der Waals surface area contributed by atoms with Crippen LogP contribution in [0.1, 0.15) is 5.56 Å². The summed E-state index contributed by atoms with van der Waals surface area (Å²) < 4.78 is 10.9. The number of methoxy groups -OCH3 is 1. The van der Waals surface area contributed by atoms with Crippen molar-refractivity contribution in [2.24, 2.45) is 0 Å². The van der Waals surface area contributed by atoms with Crippen molar-refractivity contribution in [3.63, 3.8) is 0 Å². The zero-order valence-electron chi connectivity index (χ0n) is 10.4. The molecule has 1 aromatic heterocycles. The average Bonchev–Trinajstić information content (AvgIpc) is 2.85. The van der Waals surface area contributed by atoms with Gasteiger partial charge in [-0.15, -0.1) is 0 Å². The maximum absolute atomic E-state index is 9.33. The Morgan fingerprint density at radius 3 is 2.47 bits per heavy atom. The number of hydrogen-bond donors (Lipinski definition) is 0. The number of fused-ring (bicyclic) bond motifs is 1. The summed E-state index contributed by atoms with van der Waals surface area (Å²) in [6, 6.07) is 17.2. The van der Waals surface area contributed by atoms with E-state index in [4.69, 9.17) is 9.15 Å². The highest BCUT2D eigenvalue weighted by Crippen LogP contribution is 2.33. The van der Waals surface area contributed by atoms with Crippen molar-refractivity contribution >= 4 is 11.0 Å². The summed E-state index contributed by atoms with van der Waals surface area (Å²) in [5.74, 6) is 1.38. The van der Waals surface area contributed by atoms with E-state index in [1.165, 1.54) is 0 Å². The van der Waals surface area contributed by atoms with E-state index in [0.29, 0.717) is 11.3 Å². The van der Waals surface area contributed by atoms with Gasteiger partial charge in [-0.3, -0.25) is 0 Å². The van der Waals surface area contributed by atoms with Crippen LogP contribution in [0.25, 0.3) is 22.3 Å². The van der Waals surface area contributed by atoms with E-state index < -0.39 is 0 Å². The molecule has 0 aliphatic heterocycles. The molecule has 0 radical (unpaired) electrons. The van der Waals surface area contributed by atoms with Gasteiger partial charge in [-0.1, -0.05) is 12.1 Å². The van der Waals surface area contributed by atoms with Crippen LogP contribution in [0, 0.1) is 11.3 Å². The van der Waals surface area contributed by atoms with Crippen LogP contribution in [-0.4, -0.2) is 7.11 Å². The Kier molecular flexibility index (Phi) is 2.70. The number of rotatable bonds is 2. The van der Waals surface area contributed by atoms with Gasteiger partial charge in [0.1, 0.15) is 23.0 Å². The van der Waals surface area contributed by atoms with Crippen molar-refractivity contribution < 1.29 is 9.15 Å². The molecule has 3 rings (SSSR count). The maximum atomic E-state index is 9.33. The SMILES string of the molecule is COc1ccc(-c2oc3ccccc3c2C#N)cc1. The average molecular weight is 249 g/mol. The van der Waals surface area contributed by atoms with Gasteiger partial charge in [0.2, 0.25) is 0 Å². The number of nitriles is 1. The molecular formula is C16H11NO2. The lowest BCUT2D eigenvalue weighted by Gasteiger charge is -2.01. The molecule has 0 spiro atoms. The number of hydrogen-bond acceptors (Lipinski definition) is 3. The highest BCUT2D eigenvalue weighted by molar-refractivity contribution is 5.90. The zero-order chi connectivity index (χ0) is 13.2. The molecule has 0 aliphatic rings. The van der Waals surface area contributed by atoms with Crippen LogP contribution >= 0.6 is 0 Å². The molecule has 0 saturated heterocycles. The molecule has 19 heavy (non-hydrogen) atoms. The van der Waals surface area contributed by atoms with Gasteiger partial charge in [-0.2, -0.15) is 5.26 Å². The molecule has 3 nitrogen and oxygen atoms in total. The van der Waals surface area contributed by atoms with Gasteiger partial charge in [0.15, 0.2) is 5.76 Å². The lowest BCUT2D eigenvalue weighted by Crippen LogP contribution is -1.83. The second kappa shape index (κ2) is 4.51. The van der Waals surface area contributed by atoms with Crippen molar-refractivity contribution in [1.82, 2.24) is 0 Å². The summed E-state index contributed by atoms with van der Waals surface area (Å²) in [7, 11) is 1.62. The van der Waals surface area contributed by atoms with Crippen LogP contribution in [0.3, 0.4) is 0 Å². The van der Waals surface area contributed by atoms with Crippen LogP contribution in [0.2, 0.25) is 0 Å². The lowest BCUT2D eigenvalue weighted by atomic mass is 10.1. The molecule has 0 aliphatic carbocycles. The van der Waals surface area contributed by atoms with E-state index in [0.717, 1.165) is 22.3 Å². The summed E-state index contributed by atoms with van der Waals surface area (Å²) >= 11 is 0. The first-order valence-electron chi connectivity index (χ1n) is 5.89. The summed E-state index contributed by atoms with van der Waals surface area (Å²) in [5, 5.41) is 10.2. The largest absolute Gasteiger partial charge is 0.497 e. The van der Waals surface area contributed by atoms with E-state index in [9.17, 15) is 5.26 Å². The molecule has 0 atom stereocenters. The van der Waals surface area contributed by atoms with Gasteiger partial charge in [-0.25, -0.2) is 0 Å². The van der Waals surface area contributed by atoms with Crippen LogP contribution in [0.15, 0.2) is 52.9 Å². The molecule has 3 aromatic rings. The number of benzene rings is 2. The Labute approximate surface area is 110 Å². The Morgan fingerprint density at radius 1 is 1.05 bits per heavy atom. The van der Waals surface area contributed by atoms with Gasteiger partial charge >= 0.3 is 0 Å². The minimum Gasteiger partial charge on any atom is -0.497 e. The van der Waals surface area contributed by atoms with Gasteiger partial charge < -0.3 is 9.15 Å². The zero-order valence-corrected chi connectivity index (χ0v) is 10.4. The molecule has 0 N–H and O–H groups in total. The van der Waals surface area contributed by atoms with E-state index >= 15 is 0 Å². The van der Waals surface area contributed by atoms with Gasteiger partial charge in [0.05, 0.1) is 7.11 Å². The molecule has 0 fully saturated rings. The second-order valence-corrected chi connectivity index (χ2v) is 4.14. The standard InChI is InChI=1S/C16H11NO2/c1-18-12-8-6-11(7-9-12)16-14(10-17)13-4-2-3-5-15(13)19-16/h2-9H,1H3. The van der Waals surface area contributed by atoms with E-state index in [2.05, 4.69) is 6.07 Å². The van der Waals surface area contributed by atoms with Crippen LogP contribution in [0.4, 0.5) is 0 Å². The third-order valence-corrected chi connectivity index (χ3v) is 3.06. The van der Waals surface area contributed by atoms with Crippen molar-refractivity contribution in [1.29, 1.82) is 5.26 Å². The Morgan fingerprint density at radius 2 is 1.79 bits per heavy atom. The number of para-hydroxylation sites is 1. The van der Waals surface area contributed by atoms with Gasteiger partial charge in [0, 0.05) is 10.9 Å². The normalized spacial score (nSPS) is 10.3. The van der Waals surface area contributed by atoms with E-state index in [1.807, 2.05) is 48.5 Å². The van der Waals surface area contributed by atoms with Crippen LogP contribution in [0.5, 0.6) is 5.75 Å². The molecular weight excluding hydrogens is 238 g/mol. The predicted octanol–water partition coefficient (Wildman–Crippen LogP) is 3.98. The van der Waals surface area contributed by atoms with Crippen molar-refractivity contribution in [3.8, 4) is 23.1 Å². The Balaban J connectivity index is 2.21. The molecule has 0 bridgehead atoms. The molecule has 0 amide bonds. The quantitative estimate of drug-likeness (QED) is 0.690. The topological polar surface area (TPSA) is 46.2 Å². The summed E-state index contributed by atoms with van der Waals surface area (Å²) in [6.45, 7) is 0. The fourth-order valence-corrected chi connectivity index (χ4v) is 2.10. The number of nitrogens with zero attached hydrogens (tertiary/aromatic N) is 1. The first kappa shape index (κ1) is 11.4. The minimum atomic E-state index is 0.570. The first-order valence-corrected chi connectivity index (χ1v) is 5.89. The third-order valence-electron chi connectivity index (χ3n) is 3.06. The minimum absolute atomic E-state index is 0.570. The molecule has 0 saturated carbocycles. The molecule has 92 valence electrons. The van der Waals surface area contributed by atoms with Gasteiger partial charge in [-0.05, 0) is 36.4 Å². The lowest BCUT2D eigenvalue weighted by molar-refractivity contribution is 0.415. The number of ether oxygens (including phenoxy) is 1. The fraction of sp³-hybridized carbons (Fsp3) is 0.0625. The van der Waals surface area contributed by atoms with Crippen molar-refractivity contribution in [2.45, 2.75) is 0 Å². The number of furan rings is 1.